The van der Waals surface area contributed by atoms with E-state index in [9.17, 15) is 4.39 Å². The summed E-state index contributed by atoms with van der Waals surface area (Å²) in [6.07, 6.45) is 6.11. The van der Waals surface area contributed by atoms with Gasteiger partial charge in [0.05, 0.1) is 17.9 Å². The summed E-state index contributed by atoms with van der Waals surface area (Å²) >= 11 is 0. The standard InChI is InChI=1S/C17H30FN3/c1-4-6-10-21(11-7-5-2)13-14(3)17(19)16-9-8-15(18)12-20-16/h8-9,12,14,17H,4-7,10-11,13,19H2,1-3H3. The zero-order valence-electron chi connectivity index (χ0n) is 13.7. The van der Waals surface area contributed by atoms with E-state index in [1.54, 1.807) is 6.07 Å². The van der Waals surface area contributed by atoms with Crippen molar-refractivity contribution in [2.75, 3.05) is 19.6 Å². The zero-order valence-corrected chi connectivity index (χ0v) is 13.7. The average Bonchev–Trinajstić information content (AvgIpc) is 2.49. The van der Waals surface area contributed by atoms with Crippen LogP contribution in [0.5, 0.6) is 0 Å². The second kappa shape index (κ2) is 9.85. The second-order valence-corrected chi connectivity index (χ2v) is 5.91. The predicted molar refractivity (Wildman–Crippen MR) is 86.5 cm³/mol. The van der Waals surface area contributed by atoms with E-state index in [1.165, 1.54) is 37.9 Å². The maximum atomic E-state index is 12.9. The fourth-order valence-corrected chi connectivity index (χ4v) is 2.45. The molecule has 2 atom stereocenters. The van der Waals surface area contributed by atoms with Gasteiger partial charge in [-0.3, -0.25) is 4.98 Å². The van der Waals surface area contributed by atoms with Crippen LogP contribution in [0.1, 0.15) is 58.2 Å². The van der Waals surface area contributed by atoms with E-state index in [-0.39, 0.29) is 11.9 Å². The van der Waals surface area contributed by atoms with Crippen LogP contribution < -0.4 is 5.73 Å². The van der Waals surface area contributed by atoms with Crippen molar-refractivity contribution in [1.82, 2.24) is 9.88 Å². The first kappa shape index (κ1) is 18.1. The second-order valence-electron chi connectivity index (χ2n) is 5.91. The topological polar surface area (TPSA) is 42.1 Å². The molecule has 0 radical (unpaired) electrons. The molecule has 0 aliphatic carbocycles. The van der Waals surface area contributed by atoms with Crippen molar-refractivity contribution in [3.63, 3.8) is 0 Å². The number of hydrogen-bond donors (Lipinski definition) is 1. The highest BCUT2D eigenvalue weighted by atomic mass is 19.1. The van der Waals surface area contributed by atoms with Crippen molar-refractivity contribution in [3.05, 3.63) is 29.8 Å². The molecule has 1 heterocycles. The molecule has 120 valence electrons. The summed E-state index contributed by atoms with van der Waals surface area (Å²) in [6, 6.07) is 2.98. The molecule has 0 bridgehead atoms. The molecule has 4 heteroatoms. The van der Waals surface area contributed by atoms with Crippen LogP contribution in [0.3, 0.4) is 0 Å². The van der Waals surface area contributed by atoms with E-state index < -0.39 is 0 Å². The van der Waals surface area contributed by atoms with Crippen LogP contribution in [0.15, 0.2) is 18.3 Å². The first-order valence-electron chi connectivity index (χ1n) is 8.17. The van der Waals surface area contributed by atoms with Gasteiger partial charge in [-0.1, -0.05) is 33.6 Å². The highest BCUT2D eigenvalue weighted by Crippen LogP contribution is 2.19. The molecular formula is C17H30FN3. The van der Waals surface area contributed by atoms with E-state index in [1.807, 2.05) is 0 Å². The normalized spacial score (nSPS) is 14.4. The lowest BCUT2D eigenvalue weighted by atomic mass is 9.98. The summed E-state index contributed by atoms with van der Waals surface area (Å²) < 4.78 is 12.9. The van der Waals surface area contributed by atoms with E-state index in [4.69, 9.17) is 5.73 Å². The van der Waals surface area contributed by atoms with Gasteiger partial charge in [0.15, 0.2) is 0 Å². The largest absolute Gasteiger partial charge is 0.322 e. The van der Waals surface area contributed by atoms with Crippen LogP contribution in [0.4, 0.5) is 4.39 Å². The quantitative estimate of drug-likeness (QED) is 0.714. The summed E-state index contributed by atoms with van der Waals surface area (Å²) in [5.41, 5.74) is 7.06. The van der Waals surface area contributed by atoms with Gasteiger partial charge in [-0.2, -0.15) is 0 Å². The summed E-state index contributed by atoms with van der Waals surface area (Å²) in [6.45, 7) is 9.82. The average molecular weight is 295 g/mol. The van der Waals surface area contributed by atoms with Gasteiger partial charge in [0, 0.05) is 6.54 Å². The number of pyridine rings is 1. The third-order valence-electron chi connectivity index (χ3n) is 3.91. The van der Waals surface area contributed by atoms with Crippen LogP contribution in [-0.2, 0) is 0 Å². The van der Waals surface area contributed by atoms with Crippen molar-refractivity contribution in [2.24, 2.45) is 11.7 Å². The molecule has 1 rings (SSSR count). The van der Waals surface area contributed by atoms with E-state index in [0.717, 1.165) is 25.3 Å². The van der Waals surface area contributed by atoms with E-state index in [2.05, 4.69) is 30.7 Å². The van der Waals surface area contributed by atoms with Gasteiger partial charge in [0.1, 0.15) is 5.82 Å². The molecule has 3 nitrogen and oxygen atoms in total. The summed E-state index contributed by atoms with van der Waals surface area (Å²) in [5, 5.41) is 0. The molecule has 21 heavy (non-hydrogen) atoms. The Hall–Kier alpha value is -1.00. The van der Waals surface area contributed by atoms with Gasteiger partial charge in [-0.15, -0.1) is 0 Å². The first-order valence-corrected chi connectivity index (χ1v) is 8.17. The molecule has 1 aromatic heterocycles. The third-order valence-corrected chi connectivity index (χ3v) is 3.91. The minimum atomic E-state index is -0.314. The highest BCUT2D eigenvalue weighted by Gasteiger charge is 2.19. The van der Waals surface area contributed by atoms with Gasteiger partial charge in [0.2, 0.25) is 0 Å². The molecule has 0 spiro atoms. The molecule has 0 saturated carbocycles. The van der Waals surface area contributed by atoms with Crippen molar-refractivity contribution < 1.29 is 4.39 Å². The predicted octanol–water partition coefficient (Wildman–Crippen LogP) is 3.76. The summed E-state index contributed by atoms with van der Waals surface area (Å²) in [7, 11) is 0. The van der Waals surface area contributed by atoms with Crippen LogP contribution in [0.2, 0.25) is 0 Å². The Bertz CT molecular complexity index is 372. The molecule has 0 aromatic carbocycles. The minimum Gasteiger partial charge on any atom is -0.322 e. The smallest absolute Gasteiger partial charge is 0.141 e. The Kier molecular flexibility index (Phi) is 8.47. The van der Waals surface area contributed by atoms with E-state index >= 15 is 0 Å². The van der Waals surface area contributed by atoms with Crippen molar-refractivity contribution in [1.29, 1.82) is 0 Å². The lowest BCUT2D eigenvalue weighted by molar-refractivity contribution is 0.215. The number of hydrogen-bond acceptors (Lipinski definition) is 3. The molecule has 0 saturated heterocycles. The fraction of sp³-hybridized carbons (Fsp3) is 0.706. The lowest BCUT2D eigenvalue weighted by Crippen LogP contribution is -2.35. The van der Waals surface area contributed by atoms with E-state index in [0.29, 0.717) is 5.92 Å². The molecule has 0 aliphatic heterocycles. The number of rotatable bonds is 10. The van der Waals surface area contributed by atoms with Gasteiger partial charge < -0.3 is 10.6 Å². The highest BCUT2D eigenvalue weighted by molar-refractivity contribution is 5.10. The zero-order chi connectivity index (χ0) is 15.7. The summed E-state index contributed by atoms with van der Waals surface area (Å²) in [4.78, 5) is 6.61. The number of halogens is 1. The maximum absolute atomic E-state index is 12.9. The molecular weight excluding hydrogens is 265 g/mol. The number of nitrogens with zero attached hydrogens (tertiary/aromatic N) is 2. The Labute approximate surface area is 128 Å². The molecule has 0 fully saturated rings. The molecule has 0 amide bonds. The third kappa shape index (κ3) is 6.53. The van der Waals surface area contributed by atoms with Gasteiger partial charge in [-0.05, 0) is 44.0 Å². The van der Waals surface area contributed by atoms with Gasteiger partial charge in [0.25, 0.3) is 0 Å². The van der Waals surface area contributed by atoms with Gasteiger partial charge in [-0.25, -0.2) is 4.39 Å². The fourth-order valence-electron chi connectivity index (χ4n) is 2.45. The summed E-state index contributed by atoms with van der Waals surface area (Å²) in [5.74, 6) is -0.0113. The Morgan fingerprint density at radius 3 is 2.29 bits per heavy atom. The van der Waals surface area contributed by atoms with Crippen molar-refractivity contribution in [3.8, 4) is 0 Å². The maximum Gasteiger partial charge on any atom is 0.141 e. The van der Waals surface area contributed by atoms with Crippen molar-refractivity contribution in [2.45, 2.75) is 52.5 Å². The molecule has 0 aliphatic rings. The molecule has 2 unspecified atom stereocenters. The van der Waals surface area contributed by atoms with Crippen LogP contribution in [0, 0.1) is 11.7 Å². The van der Waals surface area contributed by atoms with Crippen LogP contribution in [0.25, 0.3) is 0 Å². The van der Waals surface area contributed by atoms with Crippen LogP contribution in [-0.4, -0.2) is 29.5 Å². The van der Waals surface area contributed by atoms with Crippen LogP contribution >= 0.6 is 0 Å². The Morgan fingerprint density at radius 2 is 1.81 bits per heavy atom. The monoisotopic (exact) mass is 295 g/mol. The number of nitrogens with two attached hydrogens (primary N) is 1. The van der Waals surface area contributed by atoms with Crippen molar-refractivity contribution >= 4 is 0 Å². The SMILES string of the molecule is CCCCN(CCCC)CC(C)C(N)c1ccc(F)cn1. The number of unbranched alkanes of at least 4 members (excludes halogenated alkanes) is 2. The Morgan fingerprint density at radius 1 is 1.19 bits per heavy atom. The first-order chi connectivity index (χ1) is 10.1. The number of aromatic nitrogens is 1. The molecule has 1 aromatic rings. The lowest BCUT2D eigenvalue weighted by Gasteiger charge is -2.28. The molecule has 2 N–H and O–H groups in total. The van der Waals surface area contributed by atoms with Gasteiger partial charge >= 0.3 is 0 Å². The Balaban J connectivity index is 2.57. The minimum absolute atomic E-state index is 0.142.